The number of hydrogen-bond acceptors (Lipinski definition) is 4. The molecule has 0 saturated heterocycles. The van der Waals surface area contributed by atoms with Gasteiger partial charge in [-0.3, -0.25) is 4.99 Å². The van der Waals surface area contributed by atoms with Crippen molar-refractivity contribution >= 4 is 41.7 Å². The van der Waals surface area contributed by atoms with Crippen LogP contribution in [0.3, 0.4) is 0 Å². The summed E-state index contributed by atoms with van der Waals surface area (Å²) < 4.78 is 2.05. The van der Waals surface area contributed by atoms with Crippen molar-refractivity contribution in [1.29, 1.82) is 0 Å². The van der Waals surface area contributed by atoms with Crippen molar-refractivity contribution in [3.05, 3.63) is 42.0 Å². The van der Waals surface area contributed by atoms with Gasteiger partial charge in [0.05, 0.1) is 13.1 Å². The molecular weight excluding hydrogens is 483 g/mol. The van der Waals surface area contributed by atoms with Gasteiger partial charge < -0.3 is 10.6 Å². The Morgan fingerprint density at radius 3 is 2.82 bits per heavy atom. The molecule has 0 bridgehead atoms. The predicted octanol–water partition coefficient (Wildman–Crippen LogP) is 3.51. The number of nitrogens with one attached hydrogen (secondary N) is 2. The third-order valence-corrected chi connectivity index (χ3v) is 5.59. The highest BCUT2D eigenvalue weighted by atomic mass is 127. The first-order chi connectivity index (χ1) is 13.2. The van der Waals surface area contributed by atoms with E-state index in [0.29, 0.717) is 11.3 Å². The Kier molecular flexibility index (Phi) is 9.57. The number of thioether (sulfide) groups is 1. The maximum atomic E-state index is 4.81. The molecule has 0 amide bonds. The molecule has 0 spiro atoms. The first-order valence-corrected chi connectivity index (χ1v) is 10.7. The summed E-state index contributed by atoms with van der Waals surface area (Å²) in [6.45, 7) is 8.90. The maximum Gasteiger partial charge on any atom is 0.191 e. The molecular formula is C20H31IN6S. The van der Waals surface area contributed by atoms with Gasteiger partial charge in [-0.05, 0) is 25.5 Å². The normalized spacial score (nSPS) is 17.4. The number of halogens is 1. The van der Waals surface area contributed by atoms with Crippen LogP contribution >= 0.6 is 35.7 Å². The second kappa shape index (κ2) is 11.6. The molecule has 154 valence electrons. The van der Waals surface area contributed by atoms with E-state index in [9.17, 15) is 0 Å². The van der Waals surface area contributed by atoms with Gasteiger partial charge in [-0.25, -0.2) is 9.67 Å². The van der Waals surface area contributed by atoms with Crippen molar-refractivity contribution < 1.29 is 0 Å². The Bertz CT molecular complexity index is 748. The van der Waals surface area contributed by atoms with Crippen molar-refractivity contribution in [2.24, 2.45) is 4.99 Å². The molecule has 2 aromatic rings. The first-order valence-electron chi connectivity index (χ1n) is 9.87. The summed E-state index contributed by atoms with van der Waals surface area (Å²) in [6.07, 6.45) is 2.91. The number of rotatable bonds is 7. The molecule has 6 nitrogen and oxygen atoms in total. The van der Waals surface area contributed by atoms with E-state index in [4.69, 9.17) is 4.99 Å². The monoisotopic (exact) mass is 514 g/mol. The fourth-order valence-corrected chi connectivity index (χ4v) is 4.06. The summed E-state index contributed by atoms with van der Waals surface area (Å²) in [5.74, 6) is 2.94. The second-order valence-corrected chi connectivity index (χ2v) is 8.33. The number of aromatic nitrogens is 3. The minimum atomic E-state index is 0. The Morgan fingerprint density at radius 1 is 1.32 bits per heavy atom. The third-order valence-electron chi connectivity index (χ3n) is 4.49. The van der Waals surface area contributed by atoms with Gasteiger partial charge in [0.25, 0.3) is 0 Å². The average Bonchev–Trinajstić information content (AvgIpc) is 3.09. The second-order valence-electron chi connectivity index (χ2n) is 6.82. The number of guanidine groups is 1. The number of fused-ring (bicyclic) bond motifs is 1. The number of aryl methyl sites for hydroxylation is 2. The number of aliphatic imine (C=N–C) groups is 1. The maximum absolute atomic E-state index is 4.81. The topological polar surface area (TPSA) is 67.1 Å². The van der Waals surface area contributed by atoms with Crippen LogP contribution in [0, 0.1) is 0 Å². The highest BCUT2D eigenvalue weighted by Crippen LogP contribution is 2.22. The fraction of sp³-hybridized carbons (Fsp3) is 0.550. The zero-order chi connectivity index (χ0) is 19.1. The van der Waals surface area contributed by atoms with E-state index in [1.165, 1.54) is 4.90 Å². The van der Waals surface area contributed by atoms with E-state index in [1.807, 2.05) is 17.8 Å². The van der Waals surface area contributed by atoms with Crippen LogP contribution in [0.4, 0.5) is 0 Å². The van der Waals surface area contributed by atoms with Crippen LogP contribution in [-0.2, 0) is 19.4 Å². The zero-order valence-corrected chi connectivity index (χ0v) is 20.0. The number of nitrogens with zero attached hydrogens (tertiary/aromatic N) is 4. The molecule has 1 aliphatic rings. The van der Waals surface area contributed by atoms with Gasteiger partial charge in [0.2, 0.25) is 0 Å². The van der Waals surface area contributed by atoms with Gasteiger partial charge in [-0.2, -0.15) is 5.10 Å². The number of benzene rings is 1. The van der Waals surface area contributed by atoms with E-state index in [0.717, 1.165) is 56.5 Å². The Morgan fingerprint density at radius 2 is 2.11 bits per heavy atom. The molecule has 0 radical (unpaired) electrons. The number of hydrogen-bond donors (Lipinski definition) is 2. The van der Waals surface area contributed by atoms with Crippen LogP contribution < -0.4 is 10.6 Å². The summed E-state index contributed by atoms with van der Waals surface area (Å²) in [4.78, 5) is 10.7. The van der Waals surface area contributed by atoms with Gasteiger partial charge in [0, 0.05) is 35.6 Å². The van der Waals surface area contributed by atoms with Crippen molar-refractivity contribution in [3.63, 3.8) is 0 Å². The van der Waals surface area contributed by atoms with Gasteiger partial charge in [0.15, 0.2) is 11.8 Å². The molecule has 0 saturated carbocycles. The van der Waals surface area contributed by atoms with Gasteiger partial charge in [0.1, 0.15) is 5.82 Å². The van der Waals surface area contributed by atoms with E-state index < -0.39 is 0 Å². The minimum absolute atomic E-state index is 0. The Hall–Kier alpha value is -1.29. The molecule has 3 rings (SSSR count). The standard InChI is InChI=1S/C20H30N6S.HI/c1-4-18-24-19-12-11-16(14-26(19)25-18)23-20(21-5-2)22-13-15(3)27-17-9-7-6-8-10-17;/h6-10,15-16H,4-5,11-14H2,1-3H3,(H2,21,22,23);1H. The first kappa shape index (κ1) is 23.0. The lowest BCUT2D eigenvalue weighted by Crippen LogP contribution is -2.47. The lowest BCUT2D eigenvalue weighted by molar-refractivity contribution is 0.392. The van der Waals surface area contributed by atoms with Crippen LogP contribution in [0.1, 0.15) is 38.8 Å². The largest absolute Gasteiger partial charge is 0.357 e. The Balaban J connectivity index is 0.00000280. The highest BCUT2D eigenvalue weighted by molar-refractivity contribution is 14.0. The quantitative estimate of drug-likeness (QED) is 0.256. The van der Waals surface area contributed by atoms with E-state index in [2.05, 4.69) is 70.4 Å². The van der Waals surface area contributed by atoms with Crippen LogP contribution in [0.15, 0.2) is 40.2 Å². The fourth-order valence-electron chi connectivity index (χ4n) is 3.13. The molecule has 2 unspecified atom stereocenters. The summed E-state index contributed by atoms with van der Waals surface area (Å²) in [7, 11) is 0. The summed E-state index contributed by atoms with van der Waals surface area (Å²) in [6, 6.07) is 10.8. The van der Waals surface area contributed by atoms with Crippen LogP contribution in [0.5, 0.6) is 0 Å². The molecule has 1 aliphatic heterocycles. The minimum Gasteiger partial charge on any atom is -0.357 e. The molecule has 2 atom stereocenters. The van der Waals surface area contributed by atoms with E-state index in [1.54, 1.807) is 0 Å². The Labute approximate surface area is 189 Å². The predicted molar refractivity (Wildman–Crippen MR) is 128 cm³/mol. The van der Waals surface area contributed by atoms with Gasteiger partial charge >= 0.3 is 0 Å². The molecule has 1 aromatic heterocycles. The van der Waals surface area contributed by atoms with Crippen molar-refractivity contribution in [3.8, 4) is 0 Å². The van der Waals surface area contributed by atoms with Crippen LogP contribution in [-0.4, -0.2) is 45.1 Å². The molecule has 2 heterocycles. The zero-order valence-electron chi connectivity index (χ0n) is 16.9. The highest BCUT2D eigenvalue weighted by Gasteiger charge is 2.22. The molecule has 0 aliphatic carbocycles. The van der Waals surface area contributed by atoms with Crippen molar-refractivity contribution in [2.45, 2.75) is 62.8 Å². The van der Waals surface area contributed by atoms with Crippen LogP contribution in [0.25, 0.3) is 0 Å². The lowest BCUT2D eigenvalue weighted by Gasteiger charge is -2.25. The van der Waals surface area contributed by atoms with Crippen molar-refractivity contribution in [2.75, 3.05) is 13.1 Å². The molecule has 0 fully saturated rings. The molecule has 1 aromatic carbocycles. The summed E-state index contributed by atoms with van der Waals surface area (Å²) >= 11 is 1.86. The average molecular weight is 514 g/mol. The van der Waals surface area contributed by atoms with Gasteiger partial charge in [-0.15, -0.1) is 35.7 Å². The summed E-state index contributed by atoms with van der Waals surface area (Å²) in [5, 5.41) is 12.0. The molecule has 28 heavy (non-hydrogen) atoms. The van der Waals surface area contributed by atoms with E-state index >= 15 is 0 Å². The van der Waals surface area contributed by atoms with Crippen LogP contribution in [0.2, 0.25) is 0 Å². The van der Waals surface area contributed by atoms with Crippen molar-refractivity contribution in [1.82, 2.24) is 25.4 Å². The molecule has 8 heteroatoms. The van der Waals surface area contributed by atoms with Gasteiger partial charge in [-0.1, -0.05) is 32.0 Å². The van der Waals surface area contributed by atoms with E-state index in [-0.39, 0.29) is 24.0 Å². The third kappa shape index (κ3) is 6.65. The lowest BCUT2D eigenvalue weighted by atomic mass is 10.1. The SMILES string of the molecule is CCNC(=NCC(C)Sc1ccccc1)NC1CCc2nc(CC)nn2C1.I. The summed E-state index contributed by atoms with van der Waals surface area (Å²) in [5.41, 5.74) is 0. The molecule has 2 N–H and O–H groups in total. The smallest absolute Gasteiger partial charge is 0.191 e.